The number of benzene rings is 2. The van der Waals surface area contributed by atoms with Gasteiger partial charge in [-0.1, -0.05) is 48.6 Å². The van der Waals surface area contributed by atoms with E-state index in [9.17, 15) is 4.79 Å². The van der Waals surface area contributed by atoms with Gasteiger partial charge in [-0.2, -0.15) is 0 Å². The number of methoxy groups -OCH3 is 1. The normalized spacial score (nSPS) is 12.7. The Morgan fingerprint density at radius 3 is 2.67 bits per heavy atom. The number of hydrogen-bond donors (Lipinski definition) is 2. The summed E-state index contributed by atoms with van der Waals surface area (Å²) in [6.45, 7) is 2.42. The summed E-state index contributed by atoms with van der Waals surface area (Å²) in [7, 11) is 1.66. The van der Waals surface area contributed by atoms with Crippen molar-refractivity contribution in [1.29, 1.82) is 0 Å². The van der Waals surface area contributed by atoms with Gasteiger partial charge < -0.3 is 15.0 Å². The zero-order valence-electron chi connectivity index (χ0n) is 15.6. The fraction of sp³-hybridized carbons (Fsp3) is 0.174. The van der Waals surface area contributed by atoms with Crippen LogP contribution < -0.4 is 10.1 Å². The van der Waals surface area contributed by atoms with Crippen LogP contribution in [0.3, 0.4) is 0 Å². The minimum atomic E-state index is -0.105. The third-order valence-corrected chi connectivity index (χ3v) is 4.55. The second-order valence-electron chi connectivity index (χ2n) is 6.25. The maximum atomic E-state index is 12.1. The molecule has 4 nitrogen and oxygen atoms in total. The van der Waals surface area contributed by atoms with E-state index in [1.54, 1.807) is 19.3 Å². The highest BCUT2D eigenvalue weighted by atomic mass is 16.5. The number of aromatic amines is 1. The number of H-pyrrole nitrogens is 1. The Bertz CT molecular complexity index is 952. The molecule has 1 heterocycles. The Hall–Kier alpha value is -3.27. The number of ether oxygens (including phenoxy) is 1. The molecule has 0 bridgehead atoms. The lowest BCUT2D eigenvalue weighted by Crippen LogP contribution is -2.27. The SMILES string of the molecule is C/C=C/C=C/C(=O)NCC(c1ccc(OC)cc1)c1c[nH]c2ccccc12. The van der Waals surface area contributed by atoms with Gasteiger partial charge in [0.2, 0.25) is 5.91 Å². The van der Waals surface area contributed by atoms with Crippen LogP contribution in [0.4, 0.5) is 0 Å². The van der Waals surface area contributed by atoms with E-state index in [0.29, 0.717) is 6.54 Å². The molecule has 0 aliphatic heterocycles. The van der Waals surface area contributed by atoms with Gasteiger partial charge in [0.25, 0.3) is 0 Å². The van der Waals surface area contributed by atoms with Gasteiger partial charge in [-0.25, -0.2) is 0 Å². The monoisotopic (exact) mass is 360 g/mol. The summed E-state index contributed by atoms with van der Waals surface area (Å²) in [5, 5.41) is 4.18. The second-order valence-corrected chi connectivity index (χ2v) is 6.25. The summed E-state index contributed by atoms with van der Waals surface area (Å²) in [5.74, 6) is 0.743. The number of rotatable bonds is 7. The van der Waals surface area contributed by atoms with Gasteiger partial charge in [-0.15, -0.1) is 0 Å². The van der Waals surface area contributed by atoms with Crippen molar-refractivity contribution >= 4 is 16.8 Å². The number of amides is 1. The molecule has 0 aliphatic carbocycles. The van der Waals surface area contributed by atoms with E-state index in [-0.39, 0.29) is 11.8 Å². The van der Waals surface area contributed by atoms with Gasteiger partial charge in [-0.3, -0.25) is 4.79 Å². The topological polar surface area (TPSA) is 54.1 Å². The van der Waals surface area contributed by atoms with Crippen molar-refractivity contribution in [3.8, 4) is 5.75 Å². The number of carbonyl (C=O) groups excluding carboxylic acids is 1. The molecule has 27 heavy (non-hydrogen) atoms. The predicted molar refractivity (Wildman–Crippen MR) is 110 cm³/mol. The molecule has 3 aromatic rings. The van der Waals surface area contributed by atoms with Crippen molar-refractivity contribution in [1.82, 2.24) is 10.3 Å². The molecule has 1 amide bonds. The summed E-state index contributed by atoms with van der Waals surface area (Å²) < 4.78 is 5.27. The second kappa shape index (κ2) is 8.90. The van der Waals surface area contributed by atoms with Crippen molar-refractivity contribution in [3.63, 3.8) is 0 Å². The van der Waals surface area contributed by atoms with Crippen LogP contribution >= 0.6 is 0 Å². The van der Waals surface area contributed by atoms with E-state index in [4.69, 9.17) is 4.74 Å². The van der Waals surface area contributed by atoms with E-state index in [1.807, 2.05) is 61.7 Å². The van der Waals surface area contributed by atoms with Crippen molar-refractivity contribution in [2.45, 2.75) is 12.8 Å². The van der Waals surface area contributed by atoms with Crippen LogP contribution in [0.15, 0.2) is 79.0 Å². The summed E-state index contributed by atoms with van der Waals surface area (Å²) in [5.41, 5.74) is 3.37. The van der Waals surface area contributed by atoms with E-state index < -0.39 is 0 Å². The third kappa shape index (κ3) is 4.47. The zero-order chi connectivity index (χ0) is 19.1. The van der Waals surface area contributed by atoms with Crippen LogP contribution in [0, 0.1) is 0 Å². The van der Waals surface area contributed by atoms with Crippen molar-refractivity contribution in [2.75, 3.05) is 13.7 Å². The van der Waals surface area contributed by atoms with Gasteiger partial charge in [0, 0.05) is 35.6 Å². The van der Waals surface area contributed by atoms with Gasteiger partial charge in [0.15, 0.2) is 0 Å². The predicted octanol–water partition coefficient (Wildman–Crippen LogP) is 4.56. The fourth-order valence-electron chi connectivity index (χ4n) is 3.14. The minimum absolute atomic E-state index is 0.0334. The summed E-state index contributed by atoms with van der Waals surface area (Å²) >= 11 is 0. The van der Waals surface area contributed by atoms with Gasteiger partial charge in [0.1, 0.15) is 5.75 Å². The number of carbonyl (C=O) groups is 1. The number of nitrogens with one attached hydrogen (secondary N) is 2. The average molecular weight is 360 g/mol. The first-order valence-corrected chi connectivity index (χ1v) is 9.00. The Morgan fingerprint density at radius 1 is 1.15 bits per heavy atom. The van der Waals surface area contributed by atoms with E-state index in [0.717, 1.165) is 27.8 Å². The lowest BCUT2D eigenvalue weighted by Gasteiger charge is -2.18. The van der Waals surface area contributed by atoms with Gasteiger partial charge >= 0.3 is 0 Å². The number of fused-ring (bicyclic) bond motifs is 1. The molecule has 0 spiro atoms. The maximum Gasteiger partial charge on any atom is 0.244 e. The van der Waals surface area contributed by atoms with Crippen molar-refractivity contribution in [2.24, 2.45) is 0 Å². The van der Waals surface area contributed by atoms with Crippen LogP contribution in [0.25, 0.3) is 10.9 Å². The molecule has 4 heteroatoms. The van der Waals surface area contributed by atoms with Crippen LogP contribution in [-0.4, -0.2) is 24.5 Å². The fourth-order valence-corrected chi connectivity index (χ4v) is 3.14. The van der Waals surface area contributed by atoms with Crippen LogP contribution in [0.2, 0.25) is 0 Å². The Kier molecular flexibility index (Phi) is 6.10. The standard InChI is InChI=1S/C23H24N2O2/c1-3-4-5-10-23(26)25-15-20(17-11-13-18(27-2)14-12-17)21-16-24-22-9-7-6-8-19(21)22/h3-14,16,20,24H,15H2,1-2H3,(H,25,26)/b4-3+,10-5+. The molecule has 0 aliphatic rings. The first-order chi connectivity index (χ1) is 13.2. The van der Waals surface area contributed by atoms with Crippen LogP contribution in [0.1, 0.15) is 24.0 Å². The minimum Gasteiger partial charge on any atom is -0.497 e. The highest BCUT2D eigenvalue weighted by Crippen LogP contribution is 2.31. The molecule has 1 atom stereocenters. The summed E-state index contributed by atoms with van der Waals surface area (Å²) in [6, 6.07) is 16.2. The average Bonchev–Trinajstić information content (AvgIpc) is 3.13. The molecule has 1 unspecified atom stereocenters. The molecule has 0 saturated carbocycles. The van der Waals surface area contributed by atoms with Gasteiger partial charge in [-0.05, 0) is 36.2 Å². The van der Waals surface area contributed by atoms with E-state index >= 15 is 0 Å². The Balaban J connectivity index is 1.90. The third-order valence-electron chi connectivity index (χ3n) is 4.55. The lowest BCUT2D eigenvalue weighted by molar-refractivity contribution is -0.116. The van der Waals surface area contributed by atoms with Crippen LogP contribution in [-0.2, 0) is 4.79 Å². The molecular formula is C23H24N2O2. The smallest absolute Gasteiger partial charge is 0.244 e. The number of para-hydroxylation sites is 1. The summed E-state index contributed by atoms with van der Waals surface area (Å²) in [6.07, 6.45) is 9.03. The quantitative estimate of drug-likeness (QED) is 0.479. The summed E-state index contributed by atoms with van der Waals surface area (Å²) in [4.78, 5) is 15.5. The first kappa shape index (κ1) is 18.5. The van der Waals surface area contributed by atoms with E-state index in [1.165, 1.54) is 0 Å². The molecule has 3 rings (SSSR count). The maximum absolute atomic E-state index is 12.1. The number of aromatic nitrogens is 1. The molecule has 0 fully saturated rings. The molecule has 0 radical (unpaired) electrons. The number of hydrogen-bond acceptors (Lipinski definition) is 2. The van der Waals surface area contributed by atoms with Crippen molar-refractivity contribution in [3.05, 3.63) is 90.2 Å². The lowest BCUT2D eigenvalue weighted by atomic mass is 9.90. The zero-order valence-corrected chi connectivity index (χ0v) is 15.6. The van der Waals surface area contributed by atoms with Gasteiger partial charge in [0.05, 0.1) is 7.11 Å². The molecule has 1 aromatic heterocycles. The molecular weight excluding hydrogens is 336 g/mol. The highest BCUT2D eigenvalue weighted by molar-refractivity contribution is 5.88. The Morgan fingerprint density at radius 2 is 1.93 bits per heavy atom. The molecule has 138 valence electrons. The molecule has 2 N–H and O–H groups in total. The largest absolute Gasteiger partial charge is 0.497 e. The Labute approximate surface area is 159 Å². The highest BCUT2D eigenvalue weighted by Gasteiger charge is 2.18. The van der Waals surface area contributed by atoms with Crippen LogP contribution in [0.5, 0.6) is 5.75 Å². The molecule has 2 aromatic carbocycles. The number of allylic oxidation sites excluding steroid dienone is 3. The first-order valence-electron chi connectivity index (χ1n) is 9.00. The van der Waals surface area contributed by atoms with Crippen molar-refractivity contribution < 1.29 is 9.53 Å². The molecule has 0 saturated heterocycles. The van der Waals surface area contributed by atoms with E-state index in [2.05, 4.69) is 22.4 Å².